The molecule has 0 fully saturated rings. The van der Waals surface area contributed by atoms with Gasteiger partial charge in [-0.25, -0.2) is 0 Å². The van der Waals surface area contributed by atoms with Gasteiger partial charge in [0.1, 0.15) is 0 Å². The Kier molecular flexibility index (Phi) is 0. The number of hydrogen-bond acceptors (Lipinski definition) is 0. The maximum Gasteiger partial charge on any atom is 0 e. The van der Waals surface area contributed by atoms with E-state index < -0.39 is 0 Å². The van der Waals surface area contributed by atoms with E-state index in [9.17, 15) is 0 Å². The summed E-state index contributed by atoms with van der Waals surface area (Å²) in [5, 5.41) is 0. The Balaban J connectivity index is 0. The van der Waals surface area contributed by atoms with Crippen molar-refractivity contribution in [2.24, 2.45) is 0 Å². The van der Waals surface area contributed by atoms with Crippen LogP contribution in [-0.2, 0) is 0 Å². The van der Waals surface area contributed by atoms with Gasteiger partial charge in [-0.15, -0.1) is 0 Å². The van der Waals surface area contributed by atoms with Crippen LogP contribution in [-0.4, -0.2) is 0 Å². The van der Waals surface area contributed by atoms with Crippen LogP contribution in [0.3, 0.4) is 0 Å². The van der Waals surface area contributed by atoms with Crippen LogP contribution in [0.5, 0.6) is 0 Å². The molecule has 0 aliphatic rings. The maximum absolute atomic E-state index is 0. The average molecular weight is 2040 g/mol. The first kappa shape index (κ1) is 0.0312. The minimum Gasteiger partial charge on any atom is -0.358 e. The maximum atomic E-state index is 0. The number of hydrogen-bond donors (Lipinski definition) is 0. The second-order valence-corrected chi connectivity index (χ2v) is 0. The molecule has 0 N–H and O–H groups in total. The fraction of sp³-hybridized carbons (Fsp3) is 0. The van der Waals surface area contributed by atoms with E-state index in [4.69, 9.17) is 0 Å². The Labute approximate surface area is 16.1 Å². The van der Waals surface area contributed by atoms with Gasteiger partial charge in [-0.3, -0.25) is 0 Å². The van der Waals surface area contributed by atoms with Gasteiger partial charge in [-0.2, -0.15) is 0 Å². The molecule has 0 aromatic carbocycles. The molecular weight excluding hydrogens is 2030 g/mol. The van der Waals surface area contributed by atoms with E-state index in [1.54, 1.807) is 0 Å². The van der Waals surface area contributed by atoms with E-state index in [1.807, 2.05) is 0 Å². The Morgan fingerprint density at radius 2 is 0.200 bits per heavy atom. The van der Waals surface area contributed by atoms with Crippen molar-refractivity contribution in [1.29, 1.82) is 0 Å². The van der Waals surface area contributed by atoms with Crippen molar-refractivity contribution >= 4 is 0 Å². The second kappa shape index (κ2) is 0. The third-order valence-electron chi connectivity index (χ3n) is 0. The van der Waals surface area contributed by atoms with Crippen LogP contribution >= 0.6 is 0 Å². The van der Waals surface area contributed by atoms with Crippen LogP contribution in [0.4, 0.5) is 0 Å². The van der Waals surface area contributed by atoms with E-state index >= 15 is 0 Å². The van der Waals surface area contributed by atoms with Gasteiger partial charge in [-0.05, 0) is 0 Å². The van der Waals surface area contributed by atoms with Crippen LogP contribution < -0.4 is 0 Å². The van der Waals surface area contributed by atoms with Crippen molar-refractivity contribution in [3.05, 3.63) is 14.9 Å². The Morgan fingerprint density at radius 3 is 0.200 bits per heavy atom. The van der Waals surface area contributed by atoms with Crippen LogP contribution in [0.25, 0.3) is 0 Å². The third kappa shape index (κ3) is 0. The van der Waals surface area contributed by atoms with Gasteiger partial charge in [0.25, 0.3) is 0 Å². The minimum atomic E-state index is 0. The smallest absolute Gasteiger partial charge is 0 e. The average Bonchev–Trinajstić information content (AvgIpc) is 0. The zero-order valence-electron chi connectivity index (χ0n) is 4.53. The predicted octanol–water partition coefficient (Wildman–Crippen LogP) is 0.901. The van der Waals surface area contributed by atoms with E-state index in [2.05, 4.69) is 0 Å². The van der Waals surface area contributed by atoms with Crippen LogP contribution in [0.15, 0.2) is 0 Å². The third-order valence-corrected chi connectivity index (χ3v) is 0. The first-order chi connectivity index (χ1) is 0. The zero-order chi connectivity index (χ0) is 0. The molecule has 0 spiro atoms. The Bertz CT molecular complexity index is 7.22. The zero-order valence-corrected chi connectivity index (χ0v) is 25.6. The van der Waals surface area contributed by atoms with Gasteiger partial charge in [0, 0.05) is 0 Å². The van der Waals surface area contributed by atoms with E-state index in [0.29, 0.717) is 0 Å². The summed E-state index contributed by atoms with van der Waals surface area (Å²) in [7, 11) is 0. The molecular formula is C2H6Cf8-2. The van der Waals surface area contributed by atoms with Crippen molar-refractivity contribution in [1.82, 2.24) is 0 Å². The van der Waals surface area contributed by atoms with Gasteiger partial charge in [0.2, 0.25) is 0 Å². The van der Waals surface area contributed by atoms with Crippen molar-refractivity contribution in [3.63, 3.8) is 0 Å². The molecule has 0 saturated heterocycles. The summed E-state index contributed by atoms with van der Waals surface area (Å²) >= 11 is 0. The molecule has 0 aromatic rings. The molecule has 0 rings (SSSR count). The van der Waals surface area contributed by atoms with Gasteiger partial charge in [-0.1, -0.05) is 0 Å². The standard InChI is InChI=1S/2CH3.8Cf/h2*1H3;;;;;;;;/q2*-1;;;;;;;;. The minimum absolute atomic E-state index is 0. The normalized spacial score (nSPS) is 0. The summed E-state index contributed by atoms with van der Waals surface area (Å²) in [4.78, 5) is 0. The fourth-order valence-corrected chi connectivity index (χ4v) is 0. The molecule has 10 heavy (non-hydrogen) atoms. The molecule has 96 valence electrons. The topological polar surface area (TPSA) is 0 Å². The first-order valence-electron chi connectivity index (χ1n) is 0. The molecule has 0 atom stereocenters. The molecule has 0 radical (unpaired) electrons. The molecule has 0 heterocycles. The molecule has 0 saturated carbocycles. The van der Waals surface area contributed by atoms with Gasteiger partial charge in [0.15, 0.2) is 0 Å². The summed E-state index contributed by atoms with van der Waals surface area (Å²) in [6.07, 6.45) is 0. The van der Waals surface area contributed by atoms with Gasteiger partial charge in [0.05, 0.1) is 0 Å². The predicted molar refractivity (Wildman–Crippen MR) is 12.8 cm³/mol. The van der Waals surface area contributed by atoms with Crippen molar-refractivity contribution in [3.8, 4) is 0 Å². The summed E-state index contributed by atoms with van der Waals surface area (Å²) in [5.41, 5.74) is 0. The number of rotatable bonds is 0. The summed E-state index contributed by atoms with van der Waals surface area (Å²) in [6.45, 7) is 0. The monoisotopic (exact) mass is 2020 g/mol. The molecule has 0 nitrogen and oxygen atoms in total. The van der Waals surface area contributed by atoms with E-state index in [0.717, 1.165) is 0 Å². The molecule has 0 aliphatic heterocycles. The summed E-state index contributed by atoms with van der Waals surface area (Å²) < 4.78 is 0. The summed E-state index contributed by atoms with van der Waals surface area (Å²) in [6, 6.07) is 0. The van der Waals surface area contributed by atoms with Crippen LogP contribution in [0.2, 0.25) is 0 Å². The molecule has 8 heteroatoms. The van der Waals surface area contributed by atoms with E-state index in [1.165, 1.54) is 0 Å². The van der Waals surface area contributed by atoms with Crippen molar-refractivity contribution < 1.29 is 0 Å². The van der Waals surface area contributed by atoms with Gasteiger partial charge < -0.3 is 14.9 Å². The summed E-state index contributed by atoms with van der Waals surface area (Å²) in [5.74, 6) is 0. The fourth-order valence-electron chi connectivity index (χ4n) is 0. The first-order valence-corrected chi connectivity index (χ1v) is 0. The second-order valence-electron chi connectivity index (χ2n) is 0. The SMILES string of the molecule is [CH3-].[CH3-].[Cf].[Cf].[Cf].[Cf].[Cf].[Cf].[Cf].[Cf]. The Hall–Kier alpha value is -8.00. The molecule has 0 aromatic heterocycles. The van der Waals surface area contributed by atoms with Crippen molar-refractivity contribution in [2.75, 3.05) is 0 Å². The Morgan fingerprint density at radius 1 is 0.200 bits per heavy atom. The van der Waals surface area contributed by atoms with Crippen LogP contribution in [0.1, 0.15) is 0 Å². The molecule has 0 bridgehead atoms. The molecule has 0 amide bonds. The van der Waals surface area contributed by atoms with Crippen molar-refractivity contribution in [2.45, 2.75) is 0 Å². The molecule has 0 unspecified atom stereocenters. The van der Waals surface area contributed by atoms with E-state index in [-0.39, 0.29) is 14.9 Å². The van der Waals surface area contributed by atoms with Crippen LogP contribution in [0, 0.1) is 14.9 Å². The quantitative estimate of drug-likeness (QED) is 0.317. The largest absolute Gasteiger partial charge is 0.358 e. The molecule has 0 aliphatic carbocycles. The van der Waals surface area contributed by atoms with Gasteiger partial charge >= 0.3 is 0 Å².